The van der Waals surface area contributed by atoms with Crippen molar-refractivity contribution >= 4 is 14.7 Å². The van der Waals surface area contributed by atoms with Gasteiger partial charge < -0.3 is 26.1 Å². The van der Waals surface area contributed by atoms with E-state index >= 15 is 0 Å². The van der Waals surface area contributed by atoms with E-state index < -0.39 is 10.8 Å². The number of nitrogens with zero attached hydrogens (tertiary/aromatic N) is 6. The van der Waals surface area contributed by atoms with Crippen LogP contribution in [0.15, 0.2) is 0 Å². The summed E-state index contributed by atoms with van der Waals surface area (Å²) in [7, 11) is 1.00. The first kappa shape index (κ1) is 41.8. The molecule has 0 aliphatic carbocycles. The summed E-state index contributed by atoms with van der Waals surface area (Å²) in [5, 5.41) is 50.3. The second-order valence-electron chi connectivity index (χ2n) is 7.03. The third kappa shape index (κ3) is 21.4. The standard InChI is InChI=1S/C11H15N3O.C11H13N3O.CH4O.B.Na.H/c2*1-14-9-6-11(10-15,4-2-7-12)5-3-8-13;1-2;;;/h15H,2-6,9-10H2;10H,2-6,9H2;2H,1H3;;;/q;;;;+1;-1. The van der Waals surface area contributed by atoms with Gasteiger partial charge in [0.1, 0.15) is 6.29 Å². The molecule has 0 amide bonds. The van der Waals surface area contributed by atoms with Gasteiger partial charge in [0, 0.05) is 71.5 Å². The molecule has 2 N–H and O–H groups in total. The van der Waals surface area contributed by atoms with Crippen LogP contribution in [0, 0.1) is 69.3 Å². The monoisotopic (exact) mass is 475 g/mol. The summed E-state index contributed by atoms with van der Waals surface area (Å²) in [6, 6.07) is 8.06. The Hall–Kier alpha value is -2.41. The summed E-state index contributed by atoms with van der Waals surface area (Å²) in [6.07, 6.45) is 5.17. The van der Waals surface area contributed by atoms with Crippen LogP contribution < -0.4 is 29.6 Å². The normalized spacial score (nSPS) is 8.85. The molecule has 11 heteroatoms. The van der Waals surface area contributed by atoms with Crippen LogP contribution >= 0.6 is 0 Å². The fraction of sp³-hybridized carbons (Fsp3) is 0.696. The Labute approximate surface area is 230 Å². The zero-order valence-electron chi connectivity index (χ0n) is 21.3. The molecule has 177 valence electrons. The predicted molar refractivity (Wildman–Crippen MR) is 125 cm³/mol. The second kappa shape index (κ2) is 30.6. The molecule has 0 unspecified atom stereocenters. The van der Waals surface area contributed by atoms with Gasteiger partial charge in [-0.1, -0.05) is 0 Å². The molecule has 34 heavy (non-hydrogen) atoms. The maximum absolute atomic E-state index is 11.0. The van der Waals surface area contributed by atoms with Crippen molar-refractivity contribution in [3.63, 3.8) is 0 Å². The molecule has 0 saturated carbocycles. The zero-order chi connectivity index (χ0) is 25.1. The van der Waals surface area contributed by atoms with Crippen molar-refractivity contribution in [2.24, 2.45) is 10.8 Å². The molecule has 0 aromatic rings. The van der Waals surface area contributed by atoms with Crippen LogP contribution in [0.1, 0.15) is 65.6 Å². The van der Waals surface area contributed by atoms with Crippen LogP contribution in [0.2, 0.25) is 0 Å². The Bertz CT molecular complexity index is 669. The summed E-state index contributed by atoms with van der Waals surface area (Å²) in [4.78, 5) is 17.5. The molecule has 0 bridgehead atoms. The maximum Gasteiger partial charge on any atom is 1.00 e. The Morgan fingerprint density at radius 1 is 0.794 bits per heavy atom. The van der Waals surface area contributed by atoms with E-state index in [1.54, 1.807) is 0 Å². The quantitative estimate of drug-likeness (QED) is 0.208. The van der Waals surface area contributed by atoms with E-state index in [2.05, 4.69) is 9.69 Å². The van der Waals surface area contributed by atoms with Crippen LogP contribution in [0.25, 0.3) is 9.69 Å². The van der Waals surface area contributed by atoms with E-state index in [9.17, 15) is 9.90 Å². The predicted octanol–water partition coefficient (Wildman–Crippen LogP) is 0.315. The van der Waals surface area contributed by atoms with Crippen LogP contribution in [-0.2, 0) is 4.79 Å². The second-order valence-corrected chi connectivity index (χ2v) is 7.03. The Morgan fingerprint density at radius 2 is 1.15 bits per heavy atom. The smallest absolute Gasteiger partial charge is 1.00 e. The number of carbonyl (C=O) groups is 1. The van der Waals surface area contributed by atoms with E-state index in [-0.39, 0.29) is 52.5 Å². The summed E-state index contributed by atoms with van der Waals surface area (Å²) >= 11 is 0. The fourth-order valence-electron chi connectivity index (χ4n) is 2.99. The molecule has 0 rings (SSSR count). The number of nitriles is 4. The number of aliphatic hydroxyl groups excluding tert-OH is 2. The molecular weight excluding hydrogens is 442 g/mol. The summed E-state index contributed by atoms with van der Waals surface area (Å²) in [5.41, 5.74) is -1.05. The molecule has 0 saturated heterocycles. The Balaban J connectivity index is -0.000000104. The van der Waals surface area contributed by atoms with Crippen molar-refractivity contribution in [3.8, 4) is 24.3 Å². The molecule has 3 radical (unpaired) electrons. The van der Waals surface area contributed by atoms with Gasteiger partial charge in [0.25, 0.3) is 0 Å². The summed E-state index contributed by atoms with van der Waals surface area (Å²) < 4.78 is 0. The van der Waals surface area contributed by atoms with Gasteiger partial charge in [-0.05, 0) is 25.7 Å². The molecule has 0 spiro atoms. The number of hydrogen-bond donors (Lipinski definition) is 2. The molecule has 0 aliphatic heterocycles. The van der Waals surface area contributed by atoms with Crippen molar-refractivity contribution in [1.29, 1.82) is 21.0 Å². The van der Waals surface area contributed by atoms with Gasteiger partial charge in [0.2, 0.25) is 13.1 Å². The SMILES string of the molecule is CO.[B].[C-]#[N+]CCC(C=O)(CCC#N)CCC#N.[C-]#[N+]CCC(CO)(CCC#N)CCC#N.[H-].[Na+]. The van der Waals surface area contributed by atoms with Crippen molar-refractivity contribution in [2.45, 2.75) is 64.2 Å². The number of aliphatic hydroxyl groups is 2. The van der Waals surface area contributed by atoms with Crippen molar-refractivity contribution in [2.75, 3.05) is 26.8 Å². The molecular formula is C23H33BN6NaO3. The Morgan fingerprint density at radius 3 is 1.44 bits per heavy atom. The molecule has 0 atom stereocenters. The van der Waals surface area contributed by atoms with Crippen LogP contribution in [-0.4, -0.2) is 51.7 Å². The van der Waals surface area contributed by atoms with Crippen molar-refractivity contribution in [3.05, 3.63) is 22.8 Å². The van der Waals surface area contributed by atoms with Gasteiger partial charge >= 0.3 is 29.6 Å². The van der Waals surface area contributed by atoms with E-state index in [1.165, 1.54) is 0 Å². The summed E-state index contributed by atoms with van der Waals surface area (Å²) in [5.74, 6) is 0. The number of rotatable bonds is 14. The van der Waals surface area contributed by atoms with Crippen LogP contribution in [0.4, 0.5) is 0 Å². The molecule has 0 fully saturated rings. The molecule has 0 aromatic carbocycles. The number of hydrogen-bond acceptors (Lipinski definition) is 7. The van der Waals surface area contributed by atoms with Crippen molar-refractivity contribution in [1.82, 2.24) is 0 Å². The van der Waals surface area contributed by atoms with Gasteiger partial charge in [-0.25, -0.2) is 13.1 Å². The molecule has 0 aromatic heterocycles. The molecule has 0 aliphatic rings. The third-order valence-corrected chi connectivity index (χ3v) is 5.06. The van der Waals surface area contributed by atoms with Crippen molar-refractivity contribution < 1.29 is 46.0 Å². The van der Waals surface area contributed by atoms with Gasteiger partial charge in [-0.3, -0.25) is 0 Å². The summed E-state index contributed by atoms with van der Waals surface area (Å²) in [6.45, 7) is 14.0. The third-order valence-electron chi connectivity index (χ3n) is 5.06. The average molecular weight is 475 g/mol. The van der Waals surface area contributed by atoms with Gasteiger partial charge in [-0.15, -0.1) is 0 Å². The largest absolute Gasteiger partial charge is 1.00 e. The van der Waals surface area contributed by atoms with Gasteiger partial charge in [0.15, 0.2) is 0 Å². The zero-order valence-corrected chi connectivity index (χ0v) is 22.3. The van der Waals surface area contributed by atoms with Gasteiger partial charge in [-0.2, -0.15) is 21.0 Å². The first-order valence-electron chi connectivity index (χ1n) is 10.2. The van der Waals surface area contributed by atoms with Crippen LogP contribution in [0.3, 0.4) is 0 Å². The van der Waals surface area contributed by atoms with Gasteiger partial charge in [0.05, 0.1) is 24.3 Å². The van der Waals surface area contributed by atoms with E-state index in [0.29, 0.717) is 70.8 Å². The fourth-order valence-corrected chi connectivity index (χ4v) is 2.99. The van der Waals surface area contributed by atoms with E-state index in [4.69, 9.17) is 39.3 Å². The topological polar surface area (TPSA) is 161 Å². The minimum Gasteiger partial charge on any atom is -1.00 e. The first-order valence-corrected chi connectivity index (χ1v) is 10.2. The first-order chi connectivity index (χ1) is 15.5. The van der Waals surface area contributed by atoms with E-state index in [0.717, 1.165) is 13.4 Å². The van der Waals surface area contributed by atoms with E-state index in [1.807, 2.05) is 24.3 Å². The van der Waals surface area contributed by atoms with Crippen LogP contribution in [0.5, 0.6) is 0 Å². The maximum atomic E-state index is 11.0. The minimum absolute atomic E-state index is 0. The minimum atomic E-state index is -0.643. The molecule has 9 nitrogen and oxygen atoms in total. The number of aldehydes is 1. The molecule has 0 heterocycles. The Kier molecular flexibility index (Phi) is 37.6. The number of carbonyl (C=O) groups excluding carboxylic acids is 1. The average Bonchev–Trinajstić information content (AvgIpc) is 2.85.